The number of ether oxygens (including phenoxy) is 3. The van der Waals surface area contributed by atoms with E-state index >= 15 is 0 Å². The Hall–Kier alpha value is -2.19. The molecule has 0 radical (unpaired) electrons. The molecule has 0 aliphatic carbocycles. The van der Waals surface area contributed by atoms with Crippen LogP contribution in [0.4, 0.5) is 5.69 Å². The van der Waals surface area contributed by atoms with Crippen LogP contribution in [0, 0.1) is 5.92 Å². The Bertz CT molecular complexity index is 686. The van der Waals surface area contributed by atoms with Gasteiger partial charge < -0.3 is 29.7 Å². The monoisotopic (exact) mass is 433 g/mol. The maximum atomic E-state index is 5.45. The molecule has 2 aliphatic rings. The molecule has 1 aromatic carbocycles. The van der Waals surface area contributed by atoms with Crippen molar-refractivity contribution in [3.63, 3.8) is 0 Å². The highest BCUT2D eigenvalue weighted by Crippen LogP contribution is 2.30. The number of rotatable bonds is 9. The predicted molar refractivity (Wildman–Crippen MR) is 126 cm³/mol. The molecule has 174 valence electrons. The fraction of sp³-hybridized carbons (Fsp3) is 0.696. The third-order valence-electron chi connectivity index (χ3n) is 5.81. The quantitative estimate of drug-likeness (QED) is 0.455. The molecule has 0 amide bonds. The Labute approximate surface area is 186 Å². The van der Waals surface area contributed by atoms with Crippen LogP contribution in [0.3, 0.4) is 0 Å². The van der Waals surface area contributed by atoms with Gasteiger partial charge in [-0.15, -0.1) is 0 Å². The Balaban J connectivity index is 1.53. The third-order valence-corrected chi connectivity index (χ3v) is 5.81. The zero-order chi connectivity index (χ0) is 22.1. The fourth-order valence-electron chi connectivity index (χ4n) is 4.13. The van der Waals surface area contributed by atoms with E-state index in [9.17, 15) is 0 Å². The molecule has 2 unspecified atom stereocenters. The Kier molecular flexibility index (Phi) is 9.09. The van der Waals surface area contributed by atoms with Crippen LogP contribution in [0.1, 0.15) is 20.3 Å². The minimum Gasteiger partial charge on any atom is -0.497 e. The van der Waals surface area contributed by atoms with Gasteiger partial charge in [0.25, 0.3) is 0 Å². The maximum absolute atomic E-state index is 5.45. The second-order valence-electron chi connectivity index (χ2n) is 8.38. The molecule has 0 bridgehead atoms. The van der Waals surface area contributed by atoms with E-state index in [4.69, 9.17) is 19.2 Å². The predicted octanol–water partition coefficient (Wildman–Crippen LogP) is 1.81. The van der Waals surface area contributed by atoms with Crippen LogP contribution < -0.4 is 25.0 Å². The number of hydrogen-bond donors (Lipinski definition) is 2. The molecule has 0 saturated carbocycles. The molecule has 8 heteroatoms. The molecule has 2 atom stereocenters. The summed E-state index contributed by atoms with van der Waals surface area (Å²) in [5, 5.41) is 7.04. The molecular weight excluding hydrogens is 394 g/mol. The minimum absolute atomic E-state index is 0.351. The summed E-state index contributed by atoms with van der Waals surface area (Å²) in [6.07, 6.45) is 1.06. The first-order valence-corrected chi connectivity index (χ1v) is 11.4. The number of aliphatic imine (C=N–C) groups is 1. The van der Waals surface area contributed by atoms with Crippen LogP contribution >= 0.6 is 0 Å². The summed E-state index contributed by atoms with van der Waals surface area (Å²) < 4.78 is 16.3. The van der Waals surface area contributed by atoms with Crippen LogP contribution in [-0.2, 0) is 4.74 Å². The second-order valence-corrected chi connectivity index (χ2v) is 8.38. The molecular formula is C23H39N5O3. The van der Waals surface area contributed by atoms with Gasteiger partial charge in [0.15, 0.2) is 5.96 Å². The average molecular weight is 434 g/mol. The normalized spacial score (nSPS) is 21.1. The van der Waals surface area contributed by atoms with Crippen LogP contribution in [0.5, 0.6) is 11.5 Å². The summed E-state index contributed by atoms with van der Waals surface area (Å²) in [7, 11) is 3.37. The van der Waals surface area contributed by atoms with E-state index in [-0.39, 0.29) is 0 Å². The van der Waals surface area contributed by atoms with Crippen molar-refractivity contribution in [3.05, 3.63) is 18.2 Å². The van der Waals surface area contributed by atoms with Crippen LogP contribution in [0.2, 0.25) is 0 Å². The van der Waals surface area contributed by atoms with E-state index in [1.807, 2.05) is 6.07 Å². The molecule has 1 aromatic rings. The summed E-state index contributed by atoms with van der Waals surface area (Å²) in [4.78, 5) is 9.71. The number of guanidine groups is 1. The van der Waals surface area contributed by atoms with Crippen molar-refractivity contribution in [2.45, 2.75) is 26.3 Å². The lowest BCUT2D eigenvalue weighted by atomic mass is 10.1. The number of methoxy groups -OCH3 is 2. The highest BCUT2D eigenvalue weighted by molar-refractivity contribution is 5.80. The van der Waals surface area contributed by atoms with Gasteiger partial charge in [-0.25, -0.2) is 0 Å². The minimum atomic E-state index is 0.351. The Morgan fingerprint density at radius 1 is 1.16 bits per heavy atom. The lowest BCUT2D eigenvalue weighted by molar-refractivity contribution is 0.0323. The van der Waals surface area contributed by atoms with Crippen molar-refractivity contribution in [2.75, 3.05) is 78.1 Å². The van der Waals surface area contributed by atoms with Gasteiger partial charge in [0, 0.05) is 75.7 Å². The van der Waals surface area contributed by atoms with Gasteiger partial charge in [0.1, 0.15) is 11.5 Å². The molecule has 0 aromatic heterocycles. The molecule has 2 N–H and O–H groups in total. The largest absolute Gasteiger partial charge is 0.497 e. The molecule has 2 heterocycles. The van der Waals surface area contributed by atoms with E-state index in [0.29, 0.717) is 12.0 Å². The number of anilines is 1. The Morgan fingerprint density at radius 2 is 1.87 bits per heavy atom. The van der Waals surface area contributed by atoms with Gasteiger partial charge in [-0.3, -0.25) is 9.89 Å². The van der Waals surface area contributed by atoms with Crippen LogP contribution in [-0.4, -0.2) is 90.1 Å². The highest BCUT2D eigenvalue weighted by atomic mass is 16.5. The molecule has 2 aliphatic heterocycles. The van der Waals surface area contributed by atoms with Crippen LogP contribution in [0.25, 0.3) is 0 Å². The van der Waals surface area contributed by atoms with Crippen molar-refractivity contribution in [2.24, 2.45) is 10.9 Å². The molecule has 0 spiro atoms. The van der Waals surface area contributed by atoms with Crippen LogP contribution in [0.15, 0.2) is 23.2 Å². The van der Waals surface area contributed by atoms with E-state index in [0.717, 1.165) is 88.6 Å². The molecule has 3 rings (SSSR count). The molecule has 31 heavy (non-hydrogen) atoms. The summed E-state index contributed by atoms with van der Waals surface area (Å²) in [6.45, 7) is 12.8. The summed E-state index contributed by atoms with van der Waals surface area (Å²) in [6, 6.07) is 6.39. The smallest absolute Gasteiger partial charge is 0.191 e. The number of nitrogens with zero attached hydrogens (tertiary/aromatic N) is 3. The SMILES string of the molecule is CCNC(=NCC(C)CN1CCOCC1)NC1CCN(c2cc(OC)cc(OC)c2)C1. The van der Waals surface area contributed by atoms with Crippen molar-refractivity contribution >= 4 is 11.6 Å². The van der Waals surface area contributed by atoms with E-state index in [1.165, 1.54) is 0 Å². The third kappa shape index (κ3) is 7.18. The average Bonchev–Trinajstić information content (AvgIpc) is 3.26. The highest BCUT2D eigenvalue weighted by Gasteiger charge is 2.24. The number of morpholine rings is 1. The van der Waals surface area contributed by atoms with Gasteiger partial charge in [-0.1, -0.05) is 6.92 Å². The number of benzene rings is 1. The first-order chi connectivity index (χ1) is 15.1. The maximum Gasteiger partial charge on any atom is 0.191 e. The number of nitrogens with one attached hydrogen (secondary N) is 2. The summed E-state index contributed by atoms with van der Waals surface area (Å²) in [5.41, 5.74) is 1.13. The zero-order valence-corrected chi connectivity index (χ0v) is 19.5. The van der Waals surface area contributed by atoms with Crippen molar-refractivity contribution in [1.29, 1.82) is 0 Å². The fourth-order valence-corrected chi connectivity index (χ4v) is 4.13. The second kappa shape index (κ2) is 12.0. The van der Waals surface area contributed by atoms with Gasteiger partial charge in [0.05, 0.1) is 27.4 Å². The zero-order valence-electron chi connectivity index (χ0n) is 19.5. The standard InChI is InChI=1S/C23H39N5O3/c1-5-24-23(25-15-18(2)16-27-8-10-31-11-9-27)26-19-6-7-28(17-19)20-12-21(29-3)14-22(13-20)30-4/h12-14,18-19H,5-11,15-17H2,1-4H3,(H2,24,25,26). The van der Waals surface area contributed by atoms with Gasteiger partial charge in [0.2, 0.25) is 0 Å². The van der Waals surface area contributed by atoms with E-state index < -0.39 is 0 Å². The Morgan fingerprint density at radius 3 is 2.52 bits per heavy atom. The van der Waals surface area contributed by atoms with E-state index in [2.05, 4.69) is 46.4 Å². The van der Waals surface area contributed by atoms with Gasteiger partial charge >= 0.3 is 0 Å². The van der Waals surface area contributed by atoms with Crippen molar-refractivity contribution < 1.29 is 14.2 Å². The summed E-state index contributed by atoms with van der Waals surface area (Å²) in [5.74, 6) is 3.05. The van der Waals surface area contributed by atoms with Crippen molar-refractivity contribution in [1.82, 2.24) is 15.5 Å². The lowest BCUT2D eigenvalue weighted by Crippen LogP contribution is -2.45. The molecule has 2 fully saturated rings. The van der Waals surface area contributed by atoms with Gasteiger partial charge in [-0.2, -0.15) is 0 Å². The lowest BCUT2D eigenvalue weighted by Gasteiger charge is -2.28. The molecule has 2 saturated heterocycles. The molecule has 8 nitrogen and oxygen atoms in total. The first-order valence-electron chi connectivity index (χ1n) is 11.4. The topological polar surface area (TPSA) is 70.6 Å². The van der Waals surface area contributed by atoms with Crippen molar-refractivity contribution in [3.8, 4) is 11.5 Å². The first kappa shape index (κ1) is 23.5. The summed E-state index contributed by atoms with van der Waals surface area (Å²) >= 11 is 0. The van der Waals surface area contributed by atoms with Gasteiger partial charge in [-0.05, 0) is 19.3 Å². The van der Waals surface area contributed by atoms with E-state index in [1.54, 1.807) is 14.2 Å². The number of hydrogen-bond acceptors (Lipinski definition) is 6.